The number of hydrogen-bond acceptors (Lipinski definition) is 3. The molecule has 0 aromatic heterocycles. The zero-order chi connectivity index (χ0) is 13.1. The summed E-state index contributed by atoms with van der Waals surface area (Å²) in [5, 5.41) is 0. The van der Waals surface area contributed by atoms with Gasteiger partial charge < -0.3 is 0 Å². The molecule has 0 unspecified atom stereocenters. The molecule has 7 heteroatoms. The van der Waals surface area contributed by atoms with Gasteiger partial charge in [0.15, 0.2) is 0 Å². The Morgan fingerprint density at radius 1 is 1.12 bits per heavy atom. The monoisotopic (exact) mass is 270 g/mol. The van der Waals surface area contributed by atoms with Crippen LogP contribution in [0.3, 0.4) is 0 Å². The highest BCUT2D eigenvalue weighted by Gasteiger charge is 1.92. The lowest BCUT2D eigenvalue weighted by Crippen LogP contribution is -1.94. The minimum Gasteiger partial charge on any atom is -0.272 e. The van der Waals surface area contributed by atoms with E-state index in [1.807, 2.05) is 30.3 Å². The fraction of sp³-hybridized carbons (Fsp3) is 0.400. The fourth-order valence-electron chi connectivity index (χ4n) is 1.06. The molecule has 0 fully saturated rings. The quantitative estimate of drug-likeness (QED) is 0.659. The number of hydrogen-bond donors (Lipinski definition) is 1. The Kier molecular flexibility index (Phi) is 9.46. The average Bonchev–Trinajstić information content (AvgIpc) is 2.25. The van der Waals surface area contributed by atoms with E-state index in [9.17, 15) is 21.6 Å². The molecule has 0 bridgehead atoms. The van der Waals surface area contributed by atoms with E-state index >= 15 is 0 Å². The first-order chi connectivity index (χ1) is 8.02. The lowest BCUT2D eigenvalue weighted by atomic mass is 10.1. The second-order valence-corrected chi connectivity index (χ2v) is 3.60. The van der Waals surface area contributed by atoms with Crippen LogP contribution in [0.2, 0.25) is 0 Å². The van der Waals surface area contributed by atoms with Crippen LogP contribution in [0.15, 0.2) is 30.3 Å². The topological polar surface area (TPSA) is 43.4 Å². The van der Waals surface area contributed by atoms with E-state index in [1.165, 1.54) is 5.56 Å². The molecule has 1 rings (SSSR count). The van der Waals surface area contributed by atoms with Gasteiger partial charge in [-0.25, -0.2) is 8.42 Å². The highest BCUT2D eigenvalue weighted by molar-refractivity contribution is 7.67. The van der Waals surface area contributed by atoms with E-state index < -0.39 is 17.7 Å². The maximum absolute atomic E-state index is 10.0. The van der Waals surface area contributed by atoms with Crippen molar-refractivity contribution >= 4 is 11.0 Å². The van der Waals surface area contributed by atoms with Crippen molar-refractivity contribution in [3.05, 3.63) is 35.9 Å². The van der Waals surface area contributed by atoms with Crippen molar-refractivity contribution in [2.24, 2.45) is 0 Å². The Morgan fingerprint density at radius 2 is 1.65 bits per heavy atom. The summed E-state index contributed by atoms with van der Waals surface area (Å²) in [4.78, 5) is 0. The van der Waals surface area contributed by atoms with Gasteiger partial charge in [0.05, 0.1) is 6.61 Å². The average molecular weight is 270 g/mol. The van der Waals surface area contributed by atoms with E-state index in [4.69, 9.17) is 0 Å². The first-order valence-electron chi connectivity index (χ1n) is 4.76. The molecular formula is C10H13F3O3S. The maximum Gasteiger partial charge on any atom is 0.379 e. The first kappa shape index (κ1) is 15.9. The predicted octanol–water partition coefficient (Wildman–Crippen LogP) is 2.34. The van der Waals surface area contributed by atoms with Crippen LogP contribution in [0, 0.1) is 0 Å². The molecule has 0 aliphatic rings. The van der Waals surface area contributed by atoms with Crippen LogP contribution in [0.25, 0.3) is 0 Å². The fourth-order valence-corrected chi connectivity index (χ4v) is 1.34. The highest BCUT2D eigenvalue weighted by atomic mass is 32.2. The maximum atomic E-state index is 10.0. The molecule has 0 radical (unpaired) electrons. The first-order valence-corrected chi connectivity index (χ1v) is 5.85. The Labute approximate surface area is 99.4 Å². The second kappa shape index (κ2) is 10.1. The van der Waals surface area contributed by atoms with Gasteiger partial charge in [-0.2, -0.15) is 13.2 Å². The van der Waals surface area contributed by atoms with Gasteiger partial charge in [0.25, 0.3) is 11.0 Å². The van der Waals surface area contributed by atoms with Crippen LogP contribution in [0.1, 0.15) is 12.0 Å². The molecule has 1 aromatic rings. The lowest BCUT2D eigenvalue weighted by molar-refractivity contribution is 0.00819. The van der Waals surface area contributed by atoms with E-state index in [0.29, 0.717) is 0 Å². The summed E-state index contributed by atoms with van der Waals surface area (Å²) in [6, 6.07) is 9.90. The van der Waals surface area contributed by atoms with Gasteiger partial charge in [-0.05, 0) is 18.4 Å². The van der Waals surface area contributed by atoms with Crippen LogP contribution in [0.5, 0.6) is 0 Å². The minimum atomic E-state index is -3.67. The zero-order valence-electron chi connectivity index (χ0n) is 8.89. The highest BCUT2D eigenvalue weighted by Crippen LogP contribution is 2.01. The van der Waals surface area contributed by atoms with Crippen LogP contribution < -0.4 is 0 Å². The molecule has 98 valence electrons. The molecule has 1 aromatic carbocycles. The Hall–Kier alpha value is -1.08. The van der Waals surface area contributed by atoms with Crippen LogP contribution >= 0.6 is 0 Å². The number of aryl methyl sites for hydroxylation is 1. The van der Waals surface area contributed by atoms with Crippen LogP contribution in [-0.4, -0.2) is 21.7 Å². The summed E-state index contributed by atoms with van der Waals surface area (Å²) in [5.41, 5.74) is 1.20. The van der Waals surface area contributed by atoms with Crippen LogP contribution in [0.4, 0.5) is 13.2 Å². The minimum absolute atomic E-state index is 0.271. The Balaban J connectivity index is 0.000000557. The molecule has 0 N–H and O–H groups in total. The summed E-state index contributed by atoms with van der Waals surface area (Å²) in [5.74, 6) is 0. The predicted molar refractivity (Wildman–Crippen MR) is 58.1 cm³/mol. The summed E-state index contributed by atoms with van der Waals surface area (Å²) in [7, 11) is -2.68. The third-order valence-electron chi connectivity index (χ3n) is 1.65. The van der Waals surface area contributed by atoms with Gasteiger partial charge in [-0.3, -0.25) is 4.18 Å². The molecule has 0 saturated heterocycles. The van der Waals surface area contributed by atoms with Crippen molar-refractivity contribution in [1.82, 2.24) is 0 Å². The lowest BCUT2D eigenvalue weighted by Gasteiger charge is -1.98. The number of thiol groups is 1. The van der Waals surface area contributed by atoms with Crippen LogP contribution in [-0.2, 0) is 21.6 Å². The number of rotatable bonds is 5. The smallest absolute Gasteiger partial charge is 0.272 e. The third-order valence-corrected chi connectivity index (χ3v) is 2.04. The van der Waals surface area contributed by atoms with Crippen molar-refractivity contribution in [3.8, 4) is 0 Å². The molecule has 0 amide bonds. The molecule has 0 heterocycles. The van der Waals surface area contributed by atoms with Crippen molar-refractivity contribution in [2.75, 3.05) is 6.61 Å². The molecule has 0 saturated carbocycles. The van der Waals surface area contributed by atoms with E-state index in [0.717, 1.165) is 12.8 Å². The molecular weight excluding hydrogens is 257 g/mol. The van der Waals surface area contributed by atoms with Crippen molar-refractivity contribution in [1.29, 1.82) is 0 Å². The van der Waals surface area contributed by atoms with Gasteiger partial charge in [0, 0.05) is 0 Å². The molecule has 0 aliphatic heterocycles. The van der Waals surface area contributed by atoms with Gasteiger partial charge in [-0.1, -0.05) is 30.3 Å². The zero-order valence-corrected chi connectivity index (χ0v) is 9.79. The van der Waals surface area contributed by atoms with Crippen molar-refractivity contribution in [2.45, 2.75) is 19.5 Å². The molecule has 0 atom stereocenters. The van der Waals surface area contributed by atoms with Gasteiger partial charge >= 0.3 is 6.68 Å². The number of alkyl halides is 3. The number of halogens is 3. The largest absolute Gasteiger partial charge is 0.379 e. The summed E-state index contributed by atoms with van der Waals surface area (Å²) < 4.78 is 53.5. The molecule has 17 heavy (non-hydrogen) atoms. The van der Waals surface area contributed by atoms with E-state index in [1.54, 1.807) is 0 Å². The summed E-state index contributed by atoms with van der Waals surface area (Å²) in [6.45, 7) is -3.40. The van der Waals surface area contributed by atoms with Crippen molar-refractivity contribution in [3.63, 3.8) is 0 Å². The van der Waals surface area contributed by atoms with E-state index in [2.05, 4.69) is 4.18 Å². The Bertz CT molecular complexity index is 344. The van der Waals surface area contributed by atoms with Crippen molar-refractivity contribution < 1.29 is 25.8 Å². The van der Waals surface area contributed by atoms with Gasteiger partial charge in [0.2, 0.25) is 0 Å². The summed E-state index contributed by atoms with van der Waals surface area (Å²) in [6.07, 6.45) is 1.58. The number of benzene rings is 1. The third kappa shape index (κ3) is 12.9. The summed E-state index contributed by atoms with van der Waals surface area (Å²) >= 11 is 0. The van der Waals surface area contributed by atoms with E-state index in [-0.39, 0.29) is 6.61 Å². The van der Waals surface area contributed by atoms with Gasteiger partial charge in [0.1, 0.15) is 0 Å². The normalized spacial score (nSPS) is 10.2. The molecule has 0 aliphatic carbocycles. The second-order valence-electron chi connectivity index (χ2n) is 2.89. The van der Waals surface area contributed by atoms with Gasteiger partial charge in [-0.15, -0.1) is 0 Å². The molecule has 3 nitrogen and oxygen atoms in total. The standard InChI is InChI=1S/C9H12O3S.CHF3/c10-13(11)12-8-4-7-9-5-2-1-3-6-9;2-1(3)4/h1-3,5-6,13H,4,7-8H2;1H. The SMILES string of the molecule is FC(F)F.O=[SH](=O)OCCCc1ccccc1. The Morgan fingerprint density at radius 3 is 2.12 bits per heavy atom. The molecule has 0 spiro atoms.